The summed E-state index contributed by atoms with van der Waals surface area (Å²) in [6.07, 6.45) is 1.12. The molecule has 0 atom stereocenters. The molecule has 0 radical (unpaired) electrons. The number of rotatable bonds is 7. The number of para-hydroxylation sites is 1. The molecule has 88 valence electrons. The summed E-state index contributed by atoms with van der Waals surface area (Å²) < 4.78 is 0. The summed E-state index contributed by atoms with van der Waals surface area (Å²) >= 11 is 0. The first-order valence-corrected chi connectivity index (χ1v) is 5.59. The molecule has 0 saturated heterocycles. The molecule has 0 spiro atoms. The zero-order chi connectivity index (χ0) is 11.8. The predicted molar refractivity (Wildman–Crippen MR) is 66.6 cm³/mol. The molecule has 4 N–H and O–H groups in total. The molecule has 1 aromatic rings. The molecule has 0 unspecified atom stereocenters. The minimum absolute atomic E-state index is 0.399. The van der Waals surface area contributed by atoms with Gasteiger partial charge in [0.15, 0.2) is 0 Å². The summed E-state index contributed by atoms with van der Waals surface area (Å²) in [4.78, 5) is 11.1. The van der Waals surface area contributed by atoms with Gasteiger partial charge in [0.1, 0.15) is 0 Å². The Hall–Kier alpha value is -1.55. The predicted octanol–water partition coefficient (Wildman–Crippen LogP) is 1.20. The molecule has 4 nitrogen and oxygen atoms in total. The van der Waals surface area contributed by atoms with Crippen LogP contribution in [0.25, 0.3) is 0 Å². The molecule has 16 heavy (non-hydrogen) atoms. The van der Waals surface area contributed by atoms with Crippen LogP contribution in [0.3, 0.4) is 0 Å². The van der Waals surface area contributed by atoms with Crippen molar-refractivity contribution in [2.24, 2.45) is 5.73 Å². The van der Waals surface area contributed by atoms with Crippen LogP contribution in [0.4, 0.5) is 5.69 Å². The van der Waals surface area contributed by atoms with Crippen LogP contribution < -0.4 is 16.4 Å². The van der Waals surface area contributed by atoms with Crippen LogP contribution >= 0.6 is 0 Å². The highest BCUT2D eigenvalue weighted by Crippen LogP contribution is 2.13. The van der Waals surface area contributed by atoms with E-state index in [1.54, 1.807) is 12.1 Å². The SMILES string of the molecule is CCCNCCNc1ccccc1C(N)=O. The lowest BCUT2D eigenvalue weighted by Gasteiger charge is -2.10. The first-order chi connectivity index (χ1) is 7.75. The van der Waals surface area contributed by atoms with E-state index in [0.29, 0.717) is 5.56 Å². The zero-order valence-electron chi connectivity index (χ0n) is 9.62. The highest BCUT2D eigenvalue weighted by molar-refractivity contribution is 5.98. The number of benzene rings is 1. The normalized spacial score (nSPS) is 10.1. The van der Waals surface area contributed by atoms with E-state index < -0.39 is 5.91 Å². The van der Waals surface area contributed by atoms with Crippen molar-refractivity contribution in [3.63, 3.8) is 0 Å². The van der Waals surface area contributed by atoms with Crippen LogP contribution in [0, 0.1) is 0 Å². The molecular formula is C12H19N3O. The van der Waals surface area contributed by atoms with Gasteiger partial charge in [0.05, 0.1) is 5.56 Å². The number of carbonyl (C=O) groups is 1. The van der Waals surface area contributed by atoms with Crippen LogP contribution in [0.1, 0.15) is 23.7 Å². The van der Waals surface area contributed by atoms with Crippen molar-refractivity contribution in [1.82, 2.24) is 5.32 Å². The first kappa shape index (κ1) is 12.5. The lowest BCUT2D eigenvalue weighted by Crippen LogP contribution is -2.23. The van der Waals surface area contributed by atoms with Gasteiger partial charge in [0.2, 0.25) is 0 Å². The van der Waals surface area contributed by atoms with Crippen molar-refractivity contribution in [3.8, 4) is 0 Å². The maximum Gasteiger partial charge on any atom is 0.250 e. The number of hydrogen-bond acceptors (Lipinski definition) is 3. The molecule has 0 aliphatic rings. The van der Waals surface area contributed by atoms with E-state index in [9.17, 15) is 4.79 Å². The second kappa shape index (κ2) is 6.85. The fourth-order valence-electron chi connectivity index (χ4n) is 1.44. The summed E-state index contributed by atoms with van der Waals surface area (Å²) in [7, 11) is 0. The Morgan fingerprint density at radius 1 is 1.25 bits per heavy atom. The van der Waals surface area contributed by atoms with Gasteiger partial charge in [-0.25, -0.2) is 0 Å². The highest BCUT2D eigenvalue weighted by atomic mass is 16.1. The van der Waals surface area contributed by atoms with Gasteiger partial charge < -0.3 is 16.4 Å². The summed E-state index contributed by atoms with van der Waals surface area (Å²) in [5.74, 6) is -0.399. The smallest absolute Gasteiger partial charge is 0.250 e. The van der Waals surface area contributed by atoms with Crippen molar-refractivity contribution in [2.45, 2.75) is 13.3 Å². The number of primary amides is 1. The third kappa shape index (κ3) is 3.90. The topological polar surface area (TPSA) is 67.2 Å². The number of nitrogens with one attached hydrogen (secondary N) is 2. The average molecular weight is 221 g/mol. The number of carbonyl (C=O) groups excluding carboxylic acids is 1. The summed E-state index contributed by atoms with van der Waals surface area (Å²) in [5, 5.41) is 6.47. The monoisotopic (exact) mass is 221 g/mol. The Morgan fingerprint density at radius 3 is 2.69 bits per heavy atom. The molecule has 0 aliphatic carbocycles. The fraction of sp³-hybridized carbons (Fsp3) is 0.417. The van der Waals surface area contributed by atoms with Crippen molar-refractivity contribution in [2.75, 3.05) is 25.0 Å². The molecule has 4 heteroatoms. The van der Waals surface area contributed by atoms with Gasteiger partial charge in [-0.1, -0.05) is 19.1 Å². The summed E-state index contributed by atoms with van der Waals surface area (Å²) in [5.41, 5.74) is 6.61. The largest absolute Gasteiger partial charge is 0.383 e. The van der Waals surface area contributed by atoms with Gasteiger partial charge in [-0.05, 0) is 25.1 Å². The minimum Gasteiger partial charge on any atom is -0.383 e. The second-order valence-electron chi connectivity index (χ2n) is 3.59. The lowest BCUT2D eigenvalue weighted by atomic mass is 10.1. The van der Waals surface area contributed by atoms with Crippen molar-refractivity contribution < 1.29 is 4.79 Å². The van der Waals surface area contributed by atoms with Crippen molar-refractivity contribution >= 4 is 11.6 Å². The minimum atomic E-state index is -0.399. The van der Waals surface area contributed by atoms with Gasteiger partial charge in [0, 0.05) is 18.8 Å². The van der Waals surface area contributed by atoms with E-state index in [4.69, 9.17) is 5.73 Å². The first-order valence-electron chi connectivity index (χ1n) is 5.59. The lowest BCUT2D eigenvalue weighted by molar-refractivity contribution is 0.100. The molecule has 1 rings (SSSR count). The number of hydrogen-bond donors (Lipinski definition) is 3. The third-order valence-electron chi connectivity index (χ3n) is 2.24. The Morgan fingerprint density at radius 2 is 2.00 bits per heavy atom. The quantitative estimate of drug-likeness (QED) is 0.606. The van der Waals surface area contributed by atoms with Crippen LogP contribution in [0.5, 0.6) is 0 Å². The van der Waals surface area contributed by atoms with E-state index in [2.05, 4.69) is 17.6 Å². The average Bonchev–Trinajstić information content (AvgIpc) is 2.29. The Kier molecular flexibility index (Phi) is 5.36. The molecule has 1 amide bonds. The molecule has 0 saturated carbocycles. The van der Waals surface area contributed by atoms with Gasteiger partial charge in [-0.2, -0.15) is 0 Å². The summed E-state index contributed by atoms with van der Waals surface area (Å²) in [6, 6.07) is 7.28. The van der Waals surface area contributed by atoms with E-state index >= 15 is 0 Å². The molecule has 0 aliphatic heterocycles. The van der Waals surface area contributed by atoms with E-state index in [-0.39, 0.29) is 0 Å². The van der Waals surface area contributed by atoms with Crippen molar-refractivity contribution in [1.29, 1.82) is 0 Å². The van der Waals surface area contributed by atoms with Crippen LogP contribution in [0.15, 0.2) is 24.3 Å². The second-order valence-corrected chi connectivity index (χ2v) is 3.59. The maximum atomic E-state index is 11.1. The van der Waals surface area contributed by atoms with Gasteiger partial charge in [-0.3, -0.25) is 4.79 Å². The van der Waals surface area contributed by atoms with Crippen LogP contribution in [0.2, 0.25) is 0 Å². The molecule has 0 aromatic heterocycles. The molecule has 0 heterocycles. The number of nitrogens with two attached hydrogens (primary N) is 1. The van der Waals surface area contributed by atoms with E-state index in [1.807, 2.05) is 12.1 Å². The van der Waals surface area contributed by atoms with E-state index in [0.717, 1.165) is 31.7 Å². The Labute approximate surface area is 96.2 Å². The Bertz CT molecular complexity index is 339. The summed E-state index contributed by atoms with van der Waals surface area (Å²) in [6.45, 7) is 4.80. The molecule has 0 fully saturated rings. The maximum absolute atomic E-state index is 11.1. The standard InChI is InChI=1S/C12H19N3O/c1-2-7-14-8-9-15-11-6-4-3-5-10(11)12(13)16/h3-6,14-15H,2,7-9H2,1H3,(H2,13,16). The van der Waals surface area contributed by atoms with Crippen LogP contribution in [-0.4, -0.2) is 25.5 Å². The fourth-order valence-corrected chi connectivity index (χ4v) is 1.44. The molecule has 1 aromatic carbocycles. The van der Waals surface area contributed by atoms with Gasteiger partial charge >= 0.3 is 0 Å². The van der Waals surface area contributed by atoms with Crippen LogP contribution in [-0.2, 0) is 0 Å². The highest BCUT2D eigenvalue weighted by Gasteiger charge is 2.05. The molecular weight excluding hydrogens is 202 g/mol. The van der Waals surface area contributed by atoms with Gasteiger partial charge in [0.25, 0.3) is 5.91 Å². The zero-order valence-corrected chi connectivity index (χ0v) is 9.62. The van der Waals surface area contributed by atoms with Gasteiger partial charge in [-0.15, -0.1) is 0 Å². The Balaban J connectivity index is 2.44. The van der Waals surface area contributed by atoms with E-state index in [1.165, 1.54) is 0 Å². The molecule has 0 bridgehead atoms. The van der Waals surface area contributed by atoms with Crippen molar-refractivity contribution in [3.05, 3.63) is 29.8 Å². The number of amides is 1. The number of anilines is 1. The third-order valence-corrected chi connectivity index (χ3v) is 2.24.